The van der Waals surface area contributed by atoms with E-state index < -0.39 is 0 Å². The summed E-state index contributed by atoms with van der Waals surface area (Å²) in [5.74, 6) is 0.961. The van der Waals surface area contributed by atoms with Crippen LogP contribution in [0.5, 0.6) is 5.75 Å². The molecule has 1 N–H and O–H groups in total. The molecule has 0 spiro atoms. The van der Waals surface area contributed by atoms with Crippen LogP contribution in [0, 0.1) is 0 Å². The van der Waals surface area contributed by atoms with Crippen LogP contribution in [0.4, 0.5) is 0 Å². The van der Waals surface area contributed by atoms with Crippen LogP contribution in [0.2, 0.25) is 0 Å². The van der Waals surface area contributed by atoms with E-state index in [1.807, 2.05) is 6.07 Å². The Morgan fingerprint density at radius 3 is 2.21 bits per heavy atom. The van der Waals surface area contributed by atoms with Gasteiger partial charge < -0.3 is 10.1 Å². The van der Waals surface area contributed by atoms with Gasteiger partial charge in [-0.2, -0.15) is 0 Å². The fourth-order valence-corrected chi connectivity index (χ4v) is 2.28. The predicted octanol–water partition coefficient (Wildman–Crippen LogP) is 3.52. The second-order valence-electron chi connectivity index (χ2n) is 4.62. The Bertz CT molecular complexity index is 492. The molecule has 1 unspecified atom stereocenters. The standard InChI is InChI=1S/C16H17NO.ClH/c1-2-4-13(5-3-1)14-6-8-15(9-7-14)18-16-10-11-17-12-16;/h1-9,16-17H,10-12H2;1H. The lowest BCUT2D eigenvalue weighted by molar-refractivity contribution is 0.223. The van der Waals surface area contributed by atoms with Crippen molar-refractivity contribution >= 4 is 12.4 Å². The summed E-state index contributed by atoms with van der Waals surface area (Å²) in [6.07, 6.45) is 1.42. The first-order valence-electron chi connectivity index (χ1n) is 6.45. The normalized spacial score (nSPS) is 17.8. The van der Waals surface area contributed by atoms with Crippen molar-refractivity contribution < 1.29 is 4.74 Å². The van der Waals surface area contributed by atoms with Crippen LogP contribution in [0.15, 0.2) is 54.6 Å². The third-order valence-corrected chi connectivity index (χ3v) is 3.28. The Balaban J connectivity index is 0.00000133. The van der Waals surface area contributed by atoms with Crippen molar-refractivity contribution in [3.05, 3.63) is 54.6 Å². The largest absolute Gasteiger partial charge is 0.489 e. The van der Waals surface area contributed by atoms with Crippen LogP contribution in [0.3, 0.4) is 0 Å². The maximum absolute atomic E-state index is 5.90. The smallest absolute Gasteiger partial charge is 0.119 e. The molecule has 2 aromatic rings. The molecule has 3 rings (SSSR count). The molecule has 2 aromatic carbocycles. The molecule has 1 atom stereocenters. The van der Waals surface area contributed by atoms with E-state index in [2.05, 4.69) is 53.8 Å². The van der Waals surface area contributed by atoms with Crippen molar-refractivity contribution in [3.63, 3.8) is 0 Å². The van der Waals surface area contributed by atoms with Crippen LogP contribution < -0.4 is 10.1 Å². The van der Waals surface area contributed by atoms with E-state index in [4.69, 9.17) is 4.74 Å². The molecule has 0 saturated carbocycles. The molecule has 2 nitrogen and oxygen atoms in total. The van der Waals surface area contributed by atoms with Gasteiger partial charge in [0.25, 0.3) is 0 Å². The zero-order chi connectivity index (χ0) is 12.2. The van der Waals surface area contributed by atoms with Gasteiger partial charge in [0.2, 0.25) is 0 Å². The van der Waals surface area contributed by atoms with E-state index in [1.54, 1.807) is 0 Å². The lowest BCUT2D eigenvalue weighted by atomic mass is 10.1. The molecule has 3 heteroatoms. The molecule has 0 aromatic heterocycles. The number of rotatable bonds is 3. The summed E-state index contributed by atoms with van der Waals surface area (Å²) in [5.41, 5.74) is 2.47. The molecule has 1 saturated heterocycles. The lowest BCUT2D eigenvalue weighted by Gasteiger charge is -2.12. The summed E-state index contributed by atoms with van der Waals surface area (Å²) >= 11 is 0. The molecule has 100 valence electrons. The highest BCUT2D eigenvalue weighted by atomic mass is 35.5. The number of hydrogen-bond donors (Lipinski definition) is 1. The van der Waals surface area contributed by atoms with Gasteiger partial charge in [-0.15, -0.1) is 12.4 Å². The average molecular weight is 276 g/mol. The minimum Gasteiger partial charge on any atom is -0.489 e. The molecule has 0 radical (unpaired) electrons. The number of ether oxygens (including phenoxy) is 1. The highest BCUT2D eigenvalue weighted by Gasteiger charge is 2.15. The number of halogens is 1. The van der Waals surface area contributed by atoms with E-state index >= 15 is 0 Å². The predicted molar refractivity (Wildman–Crippen MR) is 81.0 cm³/mol. The van der Waals surface area contributed by atoms with Crippen LogP contribution in [-0.2, 0) is 0 Å². The van der Waals surface area contributed by atoms with E-state index in [9.17, 15) is 0 Å². The molecule has 0 bridgehead atoms. The van der Waals surface area contributed by atoms with Gasteiger partial charge in [-0.25, -0.2) is 0 Å². The summed E-state index contributed by atoms with van der Waals surface area (Å²) in [7, 11) is 0. The van der Waals surface area contributed by atoms with Crippen LogP contribution in [0.25, 0.3) is 11.1 Å². The maximum atomic E-state index is 5.90. The van der Waals surface area contributed by atoms with Crippen LogP contribution in [0.1, 0.15) is 6.42 Å². The Morgan fingerprint density at radius 1 is 0.895 bits per heavy atom. The summed E-state index contributed by atoms with van der Waals surface area (Å²) in [6, 6.07) is 18.7. The van der Waals surface area contributed by atoms with Gasteiger partial charge in [0.1, 0.15) is 11.9 Å². The number of benzene rings is 2. The monoisotopic (exact) mass is 275 g/mol. The first kappa shape index (κ1) is 13.9. The molecule has 1 aliphatic heterocycles. The summed E-state index contributed by atoms with van der Waals surface area (Å²) in [4.78, 5) is 0. The van der Waals surface area contributed by atoms with E-state index in [0.717, 1.165) is 25.3 Å². The fraction of sp³-hybridized carbons (Fsp3) is 0.250. The van der Waals surface area contributed by atoms with Crippen molar-refractivity contribution in [1.82, 2.24) is 5.32 Å². The lowest BCUT2D eigenvalue weighted by Crippen LogP contribution is -2.19. The first-order chi connectivity index (χ1) is 8.92. The van der Waals surface area contributed by atoms with Crippen molar-refractivity contribution in [3.8, 4) is 16.9 Å². The second-order valence-corrected chi connectivity index (χ2v) is 4.62. The SMILES string of the molecule is Cl.c1ccc(-c2ccc(OC3CCNC3)cc2)cc1. The molecule has 1 fully saturated rings. The topological polar surface area (TPSA) is 21.3 Å². The Kier molecular flexibility index (Phi) is 4.83. The van der Waals surface area contributed by atoms with Gasteiger partial charge in [-0.05, 0) is 36.2 Å². The Labute approximate surface area is 120 Å². The van der Waals surface area contributed by atoms with E-state index in [1.165, 1.54) is 11.1 Å². The first-order valence-corrected chi connectivity index (χ1v) is 6.45. The Morgan fingerprint density at radius 2 is 1.58 bits per heavy atom. The van der Waals surface area contributed by atoms with Gasteiger partial charge in [0.05, 0.1) is 0 Å². The van der Waals surface area contributed by atoms with E-state index in [0.29, 0.717) is 6.10 Å². The zero-order valence-electron chi connectivity index (χ0n) is 10.7. The molecule has 1 heterocycles. The minimum absolute atomic E-state index is 0. The number of hydrogen-bond acceptors (Lipinski definition) is 2. The maximum Gasteiger partial charge on any atom is 0.119 e. The molecule has 0 aliphatic carbocycles. The fourth-order valence-electron chi connectivity index (χ4n) is 2.28. The molecular formula is C16H18ClNO. The van der Waals surface area contributed by atoms with Gasteiger partial charge in [-0.3, -0.25) is 0 Å². The van der Waals surface area contributed by atoms with Crippen LogP contribution >= 0.6 is 12.4 Å². The van der Waals surface area contributed by atoms with Gasteiger partial charge >= 0.3 is 0 Å². The summed E-state index contributed by atoms with van der Waals surface area (Å²) in [5, 5.41) is 3.30. The highest BCUT2D eigenvalue weighted by molar-refractivity contribution is 5.85. The molecule has 19 heavy (non-hydrogen) atoms. The molecule has 1 aliphatic rings. The van der Waals surface area contributed by atoms with Crippen LogP contribution in [-0.4, -0.2) is 19.2 Å². The highest BCUT2D eigenvalue weighted by Crippen LogP contribution is 2.23. The minimum atomic E-state index is 0. The summed E-state index contributed by atoms with van der Waals surface area (Å²) in [6.45, 7) is 2.02. The molecular weight excluding hydrogens is 258 g/mol. The molecule has 0 amide bonds. The van der Waals surface area contributed by atoms with Gasteiger partial charge in [0.15, 0.2) is 0 Å². The second kappa shape index (κ2) is 6.60. The van der Waals surface area contributed by atoms with Crippen molar-refractivity contribution in [2.75, 3.05) is 13.1 Å². The van der Waals surface area contributed by atoms with Gasteiger partial charge in [-0.1, -0.05) is 42.5 Å². The third-order valence-electron chi connectivity index (χ3n) is 3.28. The summed E-state index contributed by atoms with van der Waals surface area (Å²) < 4.78 is 5.90. The van der Waals surface area contributed by atoms with Crippen molar-refractivity contribution in [1.29, 1.82) is 0 Å². The van der Waals surface area contributed by atoms with Crippen molar-refractivity contribution in [2.45, 2.75) is 12.5 Å². The van der Waals surface area contributed by atoms with Crippen molar-refractivity contribution in [2.24, 2.45) is 0 Å². The third kappa shape index (κ3) is 3.49. The average Bonchev–Trinajstić information content (AvgIpc) is 2.94. The quantitative estimate of drug-likeness (QED) is 0.925. The van der Waals surface area contributed by atoms with Gasteiger partial charge in [0, 0.05) is 6.54 Å². The Hall–Kier alpha value is -1.51. The number of nitrogens with one attached hydrogen (secondary N) is 1. The zero-order valence-corrected chi connectivity index (χ0v) is 11.5. The van der Waals surface area contributed by atoms with E-state index in [-0.39, 0.29) is 12.4 Å².